The first-order chi connectivity index (χ1) is 10.7. The van der Waals surface area contributed by atoms with Crippen molar-refractivity contribution < 1.29 is 9.53 Å². The van der Waals surface area contributed by atoms with Crippen molar-refractivity contribution in [1.82, 2.24) is 5.01 Å². The Morgan fingerprint density at radius 1 is 1.45 bits per heavy atom. The molecule has 2 heterocycles. The van der Waals surface area contributed by atoms with E-state index < -0.39 is 23.5 Å². The van der Waals surface area contributed by atoms with Crippen LogP contribution in [0.2, 0.25) is 0 Å². The predicted molar refractivity (Wildman–Crippen MR) is 77.3 cm³/mol. The van der Waals surface area contributed by atoms with Crippen molar-refractivity contribution in [2.45, 2.75) is 24.9 Å². The molecule has 6 nitrogen and oxygen atoms in total. The highest BCUT2D eigenvalue weighted by molar-refractivity contribution is 5.85. The fraction of sp³-hybridized carbons (Fsp3) is 0.375. The number of rotatable bonds is 2. The van der Waals surface area contributed by atoms with Gasteiger partial charge in [-0.2, -0.15) is 15.6 Å². The van der Waals surface area contributed by atoms with Crippen LogP contribution in [0.4, 0.5) is 0 Å². The maximum absolute atomic E-state index is 12.3. The molecule has 2 aliphatic rings. The van der Waals surface area contributed by atoms with Crippen LogP contribution in [-0.2, 0) is 9.53 Å². The van der Waals surface area contributed by atoms with E-state index in [4.69, 9.17) is 4.74 Å². The van der Waals surface area contributed by atoms with Gasteiger partial charge in [-0.05, 0) is 18.1 Å². The van der Waals surface area contributed by atoms with E-state index in [1.807, 2.05) is 36.4 Å². The van der Waals surface area contributed by atoms with Crippen LogP contribution in [0.3, 0.4) is 0 Å². The van der Waals surface area contributed by atoms with Gasteiger partial charge in [0.25, 0.3) is 0 Å². The first-order valence-electron chi connectivity index (χ1n) is 7.08. The molecule has 1 fully saturated rings. The topological polar surface area (TPSA) is 89.5 Å². The number of hydrogen-bond acceptors (Lipinski definition) is 6. The molecule has 22 heavy (non-hydrogen) atoms. The standard InChI is InChI=1S/C16H14N4O2/c1-2-22-15(21)13-7-16(9-17,10-18)20-14(13)12-6-4-3-5-11(12)8-19-20/h3-6,8,13-14H,2,7H2,1H3/t13-,14+/m1/s1. The number of nitrogens with zero attached hydrogens (tertiary/aromatic N) is 4. The zero-order valence-electron chi connectivity index (χ0n) is 12.1. The second kappa shape index (κ2) is 5.16. The van der Waals surface area contributed by atoms with E-state index in [0.29, 0.717) is 0 Å². The van der Waals surface area contributed by atoms with Crippen molar-refractivity contribution in [2.24, 2.45) is 11.0 Å². The summed E-state index contributed by atoms with van der Waals surface area (Å²) in [5.74, 6) is -0.977. The second-order valence-electron chi connectivity index (χ2n) is 5.31. The number of hydrazone groups is 1. The molecule has 6 heteroatoms. The number of carbonyl (C=O) groups excluding carboxylic acids is 1. The molecule has 0 bridgehead atoms. The van der Waals surface area contributed by atoms with Crippen LogP contribution >= 0.6 is 0 Å². The van der Waals surface area contributed by atoms with Crippen LogP contribution in [0.25, 0.3) is 0 Å². The fourth-order valence-electron chi connectivity index (χ4n) is 3.15. The van der Waals surface area contributed by atoms with E-state index >= 15 is 0 Å². The summed E-state index contributed by atoms with van der Waals surface area (Å²) >= 11 is 0. The zero-order valence-corrected chi connectivity index (χ0v) is 12.1. The Morgan fingerprint density at radius 2 is 2.18 bits per heavy atom. The van der Waals surface area contributed by atoms with Gasteiger partial charge in [-0.25, -0.2) is 0 Å². The minimum absolute atomic E-state index is 0.0924. The molecule has 1 aromatic carbocycles. The summed E-state index contributed by atoms with van der Waals surface area (Å²) in [5.41, 5.74) is 0.346. The summed E-state index contributed by atoms with van der Waals surface area (Å²) in [6.45, 7) is 2.00. The van der Waals surface area contributed by atoms with Gasteiger partial charge in [0.05, 0.1) is 24.8 Å². The van der Waals surface area contributed by atoms with Crippen LogP contribution in [0.5, 0.6) is 0 Å². The summed E-state index contributed by atoms with van der Waals surface area (Å²) in [6.07, 6.45) is 1.72. The number of carbonyl (C=O) groups is 1. The number of fused-ring (bicyclic) bond motifs is 3. The number of hydrogen-bond donors (Lipinski definition) is 0. The Hall–Kier alpha value is -2.86. The van der Waals surface area contributed by atoms with E-state index in [0.717, 1.165) is 11.1 Å². The van der Waals surface area contributed by atoms with Gasteiger partial charge >= 0.3 is 5.97 Å². The normalized spacial score (nSPS) is 23.9. The van der Waals surface area contributed by atoms with E-state index in [2.05, 4.69) is 5.10 Å². The number of ether oxygens (including phenoxy) is 1. The van der Waals surface area contributed by atoms with Gasteiger partial charge in [-0.3, -0.25) is 9.80 Å². The van der Waals surface area contributed by atoms with Crippen molar-refractivity contribution in [3.05, 3.63) is 35.4 Å². The van der Waals surface area contributed by atoms with Gasteiger partial charge in [0.1, 0.15) is 12.1 Å². The fourth-order valence-corrected chi connectivity index (χ4v) is 3.15. The molecule has 0 radical (unpaired) electrons. The third-order valence-corrected chi connectivity index (χ3v) is 4.15. The maximum Gasteiger partial charge on any atom is 0.311 e. The Morgan fingerprint density at radius 3 is 2.86 bits per heavy atom. The third-order valence-electron chi connectivity index (χ3n) is 4.15. The maximum atomic E-state index is 12.3. The number of esters is 1. The molecule has 1 aromatic rings. The monoisotopic (exact) mass is 294 g/mol. The second-order valence-corrected chi connectivity index (χ2v) is 5.31. The molecule has 0 saturated carbocycles. The number of benzene rings is 1. The number of nitriles is 2. The van der Waals surface area contributed by atoms with Crippen LogP contribution in [0.15, 0.2) is 29.4 Å². The predicted octanol–water partition coefficient (Wildman–Crippen LogP) is 1.75. The van der Waals surface area contributed by atoms with Crippen molar-refractivity contribution in [1.29, 1.82) is 10.5 Å². The lowest BCUT2D eigenvalue weighted by molar-refractivity contribution is -0.149. The van der Waals surface area contributed by atoms with E-state index in [1.165, 1.54) is 5.01 Å². The van der Waals surface area contributed by atoms with Crippen molar-refractivity contribution in [3.63, 3.8) is 0 Å². The molecule has 0 aliphatic carbocycles. The molecule has 0 amide bonds. The van der Waals surface area contributed by atoms with Crippen molar-refractivity contribution in [2.75, 3.05) is 6.61 Å². The minimum atomic E-state index is -1.44. The Kier molecular flexibility index (Phi) is 3.30. The van der Waals surface area contributed by atoms with Gasteiger partial charge in [0, 0.05) is 6.42 Å². The quantitative estimate of drug-likeness (QED) is 0.775. The van der Waals surface area contributed by atoms with Crippen molar-refractivity contribution in [3.8, 4) is 12.1 Å². The van der Waals surface area contributed by atoms with Gasteiger partial charge in [0.15, 0.2) is 0 Å². The summed E-state index contributed by atoms with van der Waals surface area (Å²) in [5, 5.41) is 24.7. The Bertz CT molecular complexity index is 714. The average Bonchev–Trinajstić information content (AvgIpc) is 2.91. The molecule has 0 unspecified atom stereocenters. The molecular formula is C16H14N4O2. The van der Waals surface area contributed by atoms with E-state index in [-0.39, 0.29) is 13.0 Å². The van der Waals surface area contributed by atoms with Crippen LogP contribution in [0, 0.1) is 28.6 Å². The average molecular weight is 294 g/mol. The first kappa shape index (κ1) is 14.1. The molecule has 3 rings (SSSR count). The first-order valence-corrected chi connectivity index (χ1v) is 7.08. The SMILES string of the molecule is CCOC(=O)[C@@H]1CC(C#N)(C#N)N2N=Cc3ccccc3[C@@H]12. The molecule has 0 N–H and O–H groups in total. The summed E-state index contributed by atoms with van der Waals surface area (Å²) in [6, 6.07) is 11.2. The largest absolute Gasteiger partial charge is 0.466 e. The molecule has 2 atom stereocenters. The smallest absolute Gasteiger partial charge is 0.311 e. The van der Waals surface area contributed by atoms with Crippen LogP contribution in [0.1, 0.15) is 30.5 Å². The Labute approximate surface area is 128 Å². The van der Waals surface area contributed by atoms with Gasteiger partial charge < -0.3 is 4.74 Å². The van der Waals surface area contributed by atoms with Crippen LogP contribution < -0.4 is 0 Å². The lowest BCUT2D eigenvalue weighted by Crippen LogP contribution is -2.40. The summed E-state index contributed by atoms with van der Waals surface area (Å²) < 4.78 is 5.14. The molecule has 0 spiro atoms. The van der Waals surface area contributed by atoms with Gasteiger partial charge in [-0.1, -0.05) is 24.3 Å². The van der Waals surface area contributed by atoms with E-state index in [9.17, 15) is 15.3 Å². The van der Waals surface area contributed by atoms with Crippen molar-refractivity contribution >= 4 is 12.2 Å². The Balaban J connectivity index is 2.12. The molecule has 110 valence electrons. The zero-order chi connectivity index (χ0) is 15.7. The highest BCUT2D eigenvalue weighted by atomic mass is 16.5. The summed E-state index contributed by atoms with van der Waals surface area (Å²) in [7, 11) is 0. The lowest BCUT2D eigenvalue weighted by Gasteiger charge is -2.33. The highest BCUT2D eigenvalue weighted by Crippen LogP contribution is 2.49. The van der Waals surface area contributed by atoms with Crippen LogP contribution in [-0.4, -0.2) is 29.3 Å². The van der Waals surface area contributed by atoms with Gasteiger partial charge in [0.2, 0.25) is 5.54 Å². The van der Waals surface area contributed by atoms with E-state index in [1.54, 1.807) is 13.1 Å². The minimum Gasteiger partial charge on any atom is -0.466 e. The molecule has 2 aliphatic heterocycles. The summed E-state index contributed by atoms with van der Waals surface area (Å²) in [4.78, 5) is 12.3. The van der Waals surface area contributed by atoms with Gasteiger partial charge in [-0.15, -0.1) is 0 Å². The highest BCUT2D eigenvalue weighted by Gasteiger charge is 2.57. The molecule has 1 saturated heterocycles. The lowest BCUT2D eigenvalue weighted by atomic mass is 9.88. The molecule has 0 aromatic heterocycles. The third kappa shape index (κ3) is 1.85. The molecular weight excluding hydrogens is 280 g/mol.